The third-order valence-corrected chi connectivity index (χ3v) is 11.2. The normalized spacial score (nSPS) is 20.4. The minimum atomic E-state index is -1.48. The Morgan fingerprint density at radius 1 is 0.909 bits per heavy atom. The standard InChI is InChI=1S/C46H56N8O12/c1-26(49-38(59)25-64-41-39(50-27(2)56)46(66-35(23-55)40(41)60)65-24-28-11-5-3-6-12-28)44(62)53-34(42(47)61)18-19-36(57)48-20-10-4-7-15-37(58)51-30-16-17-33-29(21-30)22-54-43(52-33)31-13-8-9-14-32(31)45(54)63/h3,5-6,8-9,11-14,16-17,21,26,34-35,39-41,46,55,60H,4,7,10,15,18-20,22-25H2,1-2H3,(H2,47,61)(H,48,57)(H,49,59)(H,50,56)(H,51,58)(H,53,62)/t26-,34-,35?,39?,40?,41?,46?/m0/s1. The zero-order valence-corrected chi connectivity index (χ0v) is 36.7. The number of nitrogens with zero attached hydrogens (tertiary/aromatic N) is 2. The Morgan fingerprint density at radius 3 is 2.38 bits per heavy atom. The van der Waals surface area contributed by atoms with Crippen molar-refractivity contribution in [1.29, 1.82) is 0 Å². The van der Waals surface area contributed by atoms with Gasteiger partial charge in [-0.2, -0.15) is 0 Å². The Labute approximate surface area is 381 Å². The van der Waals surface area contributed by atoms with Gasteiger partial charge in [-0.15, -0.1) is 0 Å². The fourth-order valence-corrected chi connectivity index (χ4v) is 7.76. The first kappa shape index (κ1) is 48.9. The van der Waals surface area contributed by atoms with Gasteiger partial charge in [-0.1, -0.05) is 55.0 Å². The van der Waals surface area contributed by atoms with E-state index in [9.17, 15) is 43.8 Å². The summed E-state index contributed by atoms with van der Waals surface area (Å²) in [6.45, 7) is 2.03. The molecule has 3 aromatic carbocycles. The maximum absolute atomic E-state index is 13.0. The van der Waals surface area contributed by atoms with E-state index < -0.39 is 79.6 Å². The Balaban J connectivity index is 0.867. The number of aliphatic imine (C=N–C) groups is 1. The minimum absolute atomic E-state index is 0.0647. The highest BCUT2D eigenvalue weighted by Crippen LogP contribution is 2.35. The number of carbonyl (C=O) groups is 7. The molecule has 9 N–H and O–H groups in total. The molecule has 3 heterocycles. The third-order valence-electron chi connectivity index (χ3n) is 11.2. The highest BCUT2D eigenvalue weighted by atomic mass is 16.7. The molecule has 0 radical (unpaired) electrons. The summed E-state index contributed by atoms with van der Waals surface area (Å²) in [6.07, 6.45) is -3.28. The molecule has 6 rings (SSSR count). The number of aliphatic hydroxyl groups excluding tert-OH is 2. The summed E-state index contributed by atoms with van der Waals surface area (Å²) in [5.74, 6) is -2.96. The maximum Gasteiger partial charge on any atom is 0.260 e. The number of anilines is 1. The number of amidine groups is 1. The number of benzene rings is 3. The number of primary amides is 1. The van der Waals surface area contributed by atoms with E-state index in [4.69, 9.17) is 24.9 Å². The lowest BCUT2D eigenvalue weighted by Gasteiger charge is -2.44. The Kier molecular flexibility index (Phi) is 17.1. The Hall–Kier alpha value is -6.58. The Bertz CT molecular complexity index is 2290. The maximum atomic E-state index is 13.0. The summed E-state index contributed by atoms with van der Waals surface area (Å²) in [6, 6.07) is 18.4. The average molecular weight is 913 g/mol. The SMILES string of the molecule is CC(=O)NC1C(OCc2ccccc2)OC(CO)C(O)C1OCC(=O)N[C@@H](C)C(=O)N[C@@H](CCC(=O)NCCCCCC(=O)Nc1ccc2c(c1)CN1C(=O)c3ccccc3C1=N2)C(N)=O. The summed E-state index contributed by atoms with van der Waals surface area (Å²) in [5, 5.41) is 34.0. The van der Waals surface area contributed by atoms with Crippen LogP contribution >= 0.6 is 0 Å². The van der Waals surface area contributed by atoms with Crippen molar-refractivity contribution < 1.29 is 58.0 Å². The number of aliphatic hydroxyl groups is 2. The monoisotopic (exact) mass is 912 g/mol. The number of rotatable bonds is 22. The number of carbonyl (C=O) groups excluding carboxylic acids is 7. The lowest BCUT2D eigenvalue weighted by Crippen LogP contribution is -2.65. The molecule has 1 saturated heterocycles. The fourth-order valence-electron chi connectivity index (χ4n) is 7.76. The zero-order valence-electron chi connectivity index (χ0n) is 36.7. The van der Waals surface area contributed by atoms with Crippen molar-refractivity contribution >= 4 is 58.6 Å². The molecule has 0 saturated carbocycles. The van der Waals surface area contributed by atoms with Crippen molar-refractivity contribution in [3.05, 3.63) is 95.1 Å². The second-order valence-corrected chi connectivity index (χ2v) is 16.2. The zero-order chi connectivity index (χ0) is 47.3. The molecule has 5 unspecified atom stereocenters. The van der Waals surface area contributed by atoms with Gasteiger partial charge in [0.15, 0.2) is 6.29 Å². The van der Waals surface area contributed by atoms with Crippen molar-refractivity contribution in [3.63, 3.8) is 0 Å². The van der Waals surface area contributed by atoms with E-state index in [1.165, 1.54) is 13.8 Å². The van der Waals surface area contributed by atoms with Crippen molar-refractivity contribution in [2.75, 3.05) is 25.1 Å². The summed E-state index contributed by atoms with van der Waals surface area (Å²) in [7, 11) is 0. The van der Waals surface area contributed by atoms with Crippen LogP contribution in [0.15, 0.2) is 77.8 Å². The van der Waals surface area contributed by atoms with Crippen LogP contribution in [0.2, 0.25) is 0 Å². The van der Waals surface area contributed by atoms with E-state index in [2.05, 4.69) is 26.6 Å². The molecule has 0 aliphatic carbocycles. The number of nitrogens with one attached hydrogen (secondary N) is 5. The number of nitrogens with two attached hydrogens (primary N) is 1. The largest absolute Gasteiger partial charge is 0.394 e. The van der Waals surface area contributed by atoms with Crippen LogP contribution in [-0.4, -0.2) is 125 Å². The molecule has 1 fully saturated rings. The number of fused-ring (bicyclic) bond motifs is 4. The van der Waals surface area contributed by atoms with Crippen LogP contribution in [0, 0.1) is 0 Å². The van der Waals surface area contributed by atoms with Gasteiger partial charge in [-0.3, -0.25) is 38.5 Å². The molecule has 352 valence electrons. The molecule has 3 aromatic rings. The van der Waals surface area contributed by atoms with Crippen molar-refractivity contribution in [2.24, 2.45) is 10.7 Å². The molecular formula is C46H56N8O12. The topological polar surface area (TPSA) is 289 Å². The van der Waals surface area contributed by atoms with Gasteiger partial charge < -0.3 is 56.7 Å². The van der Waals surface area contributed by atoms with Gasteiger partial charge in [-0.25, -0.2) is 4.99 Å². The predicted octanol–water partition coefficient (Wildman–Crippen LogP) is 0.789. The molecule has 0 bridgehead atoms. The van der Waals surface area contributed by atoms with Gasteiger partial charge in [-0.05, 0) is 61.6 Å². The molecule has 66 heavy (non-hydrogen) atoms. The van der Waals surface area contributed by atoms with E-state index in [0.717, 1.165) is 22.4 Å². The van der Waals surface area contributed by atoms with Gasteiger partial charge >= 0.3 is 0 Å². The molecule has 20 heteroatoms. The smallest absolute Gasteiger partial charge is 0.260 e. The second kappa shape index (κ2) is 23.0. The van der Waals surface area contributed by atoms with Gasteiger partial charge in [0.1, 0.15) is 48.9 Å². The number of amides is 7. The van der Waals surface area contributed by atoms with Crippen LogP contribution in [0.3, 0.4) is 0 Å². The van der Waals surface area contributed by atoms with Crippen LogP contribution in [-0.2, 0) is 56.1 Å². The molecule has 7 atom stereocenters. The third kappa shape index (κ3) is 12.8. The van der Waals surface area contributed by atoms with Crippen LogP contribution < -0.4 is 32.3 Å². The minimum Gasteiger partial charge on any atom is -0.394 e. The van der Waals surface area contributed by atoms with E-state index in [0.29, 0.717) is 49.4 Å². The quantitative estimate of drug-likeness (QED) is 0.0650. The van der Waals surface area contributed by atoms with Crippen molar-refractivity contribution in [2.45, 2.75) is 108 Å². The number of ether oxygens (including phenoxy) is 3. The summed E-state index contributed by atoms with van der Waals surface area (Å²) >= 11 is 0. The van der Waals surface area contributed by atoms with Gasteiger partial charge in [0.25, 0.3) is 5.91 Å². The van der Waals surface area contributed by atoms with Crippen LogP contribution in [0.1, 0.15) is 79.4 Å². The lowest BCUT2D eigenvalue weighted by molar-refractivity contribution is -0.279. The van der Waals surface area contributed by atoms with E-state index in [1.807, 2.05) is 60.7 Å². The number of hydrogen-bond acceptors (Lipinski definition) is 13. The first-order valence-electron chi connectivity index (χ1n) is 21.8. The van der Waals surface area contributed by atoms with Crippen LogP contribution in [0.25, 0.3) is 0 Å². The molecule has 7 amide bonds. The van der Waals surface area contributed by atoms with Crippen molar-refractivity contribution in [3.8, 4) is 0 Å². The van der Waals surface area contributed by atoms with Crippen molar-refractivity contribution in [1.82, 2.24) is 26.2 Å². The fraction of sp³-hybridized carbons (Fsp3) is 0.435. The van der Waals surface area contributed by atoms with Crippen LogP contribution in [0.4, 0.5) is 11.4 Å². The predicted molar refractivity (Wildman–Crippen MR) is 237 cm³/mol. The first-order valence-corrected chi connectivity index (χ1v) is 21.8. The molecule has 20 nitrogen and oxygen atoms in total. The lowest BCUT2D eigenvalue weighted by atomic mass is 9.96. The number of unbranched alkanes of at least 4 members (excludes halogenated alkanes) is 2. The summed E-state index contributed by atoms with van der Waals surface area (Å²) < 4.78 is 17.4. The molecular weight excluding hydrogens is 857 g/mol. The summed E-state index contributed by atoms with van der Waals surface area (Å²) in [5.41, 5.74) is 9.90. The second-order valence-electron chi connectivity index (χ2n) is 16.2. The molecule has 0 aromatic heterocycles. The van der Waals surface area contributed by atoms with E-state index >= 15 is 0 Å². The molecule has 3 aliphatic heterocycles. The molecule has 0 spiro atoms. The van der Waals surface area contributed by atoms with Gasteiger partial charge in [0, 0.05) is 37.6 Å². The first-order chi connectivity index (χ1) is 31.7. The molecule has 3 aliphatic rings. The van der Waals surface area contributed by atoms with E-state index in [1.54, 1.807) is 17.0 Å². The van der Waals surface area contributed by atoms with Gasteiger partial charge in [0.2, 0.25) is 35.4 Å². The van der Waals surface area contributed by atoms with Crippen LogP contribution in [0.5, 0.6) is 0 Å². The average Bonchev–Trinajstić information content (AvgIpc) is 3.57. The van der Waals surface area contributed by atoms with Gasteiger partial charge in [0.05, 0.1) is 31.0 Å². The number of hydrogen-bond donors (Lipinski definition) is 8. The Morgan fingerprint density at radius 2 is 1.65 bits per heavy atom. The highest BCUT2D eigenvalue weighted by Gasteiger charge is 2.47. The summed E-state index contributed by atoms with van der Waals surface area (Å²) in [4.78, 5) is 94.7. The highest BCUT2D eigenvalue weighted by molar-refractivity contribution is 6.24. The van der Waals surface area contributed by atoms with E-state index in [-0.39, 0.29) is 43.6 Å².